The topological polar surface area (TPSA) is 18.5 Å². The molecule has 0 aliphatic carbocycles. The lowest BCUT2D eigenvalue weighted by atomic mass is 10.0. The van der Waals surface area contributed by atoms with Crippen LogP contribution in [0, 0.1) is 0 Å². The van der Waals surface area contributed by atoms with Gasteiger partial charge in [-0.3, -0.25) is 0 Å². The van der Waals surface area contributed by atoms with E-state index in [-0.39, 0.29) is 5.54 Å². The maximum absolute atomic E-state index is 6.05. The van der Waals surface area contributed by atoms with Crippen molar-refractivity contribution in [1.82, 2.24) is 0 Å². The van der Waals surface area contributed by atoms with Crippen molar-refractivity contribution in [3.05, 3.63) is 96.1 Å². The molecule has 0 heterocycles. The Hall–Kier alpha value is -2.52. The SMILES string of the molecule is COc1ccc(O[Si]C(c2ccccc2)c2ccccc2)cc1. The zero-order chi connectivity index (χ0) is 15.9. The summed E-state index contributed by atoms with van der Waals surface area (Å²) in [6.07, 6.45) is 0. The lowest BCUT2D eigenvalue weighted by Crippen LogP contribution is -2.16. The van der Waals surface area contributed by atoms with Crippen LogP contribution < -0.4 is 9.16 Å². The first-order valence-corrected chi connectivity index (χ1v) is 8.51. The van der Waals surface area contributed by atoms with Gasteiger partial charge in [-0.15, -0.1) is 0 Å². The first kappa shape index (κ1) is 15.4. The Morgan fingerprint density at radius 2 is 1.13 bits per heavy atom. The van der Waals surface area contributed by atoms with Crippen LogP contribution in [0.5, 0.6) is 11.5 Å². The van der Waals surface area contributed by atoms with Crippen molar-refractivity contribution in [2.24, 2.45) is 0 Å². The Kier molecular flexibility index (Phi) is 5.12. The Balaban J connectivity index is 1.79. The lowest BCUT2D eigenvalue weighted by Gasteiger charge is -2.17. The molecule has 114 valence electrons. The third-order valence-corrected chi connectivity index (χ3v) is 4.88. The summed E-state index contributed by atoms with van der Waals surface area (Å²) in [5, 5.41) is 0. The molecule has 0 bridgehead atoms. The number of hydrogen-bond acceptors (Lipinski definition) is 2. The molecule has 0 aliphatic rings. The van der Waals surface area contributed by atoms with Gasteiger partial charge in [-0.05, 0) is 35.4 Å². The number of rotatable bonds is 6. The molecule has 0 fully saturated rings. The van der Waals surface area contributed by atoms with Gasteiger partial charge < -0.3 is 9.16 Å². The van der Waals surface area contributed by atoms with Gasteiger partial charge >= 0.3 is 9.76 Å². The zero-order valence-electron chi connectivity index (χ0n) is 13.0. The summed E-state index contributed by atoms with van der Waals surface area (Å²) in [7, 11) is 1.98. The van der Waals surface area contributed by atoms with E-state index in [0.717, 1.165) is 11.5 Å². The highest BCUT2D eigenvalue weighted by atomic mass is 28.2. The van der Waals surface area contributed by atoms with Crippen molar-refractivity contribution in [1.29, 1.82) is 0 Å². The second-order valence-electron chi connectivity index (χ2n) is 5.15. The number of hydrogen-bond donors (Lipinski definition) is 0. The molecule has 0 saturated carbocycles. The monoisotopic (exact) mass is 318 g/mol. The van der Waals surface area contributed by atoms with Crippen molar-refractivity contribution in [2.45, 2.75) is 5.54 Å². The summed E-state index contributed by atoms with van der Waals surface area (Å²) in [5.74, 6) is 1.70. The van der Waals surface area contributed by atoms with E-state index in [2.05, 4.69) is 48.5 Å². The molecule has 0 N–H and O–H groups in total. The quantitative estimate of drug-likeness (QED) is 0.624. The standard InChI is InChI=1S/C20H18O2Si/c1-21-18-12-14-19(15-13-18)22-23-20(16-8-4-2-5-9-16)17-10-6-3-7-11-17/h2-15,20H,1H3. The maximum atomic E-state index is 6.05. The number of benzene rings is 3. The molecule has 0 saturated heterocycles. The van der Waals surface area contributed by atoms with E-state index >= 15 is 0 Å². The maximum Gasteiger partial charge on any atom is 0.323 e. The van der Waals surface area contributed by atoms with Crippen LogP contribution in [0.15, 0.2) is 84.9 Å². The Bertz CT molecular complexity index is 672. The molecule has 23 heavy (non-hydrogen) atoms. The normalized spacial score (nSPS) is 10.5. The van der Waals surface area contributed by atoms with Crippen molar-refractivity contribution < 1.29 is 9.16 Å². The predicted octanol–water partition coefficient (Wildman–Crippen LogP) is 4.48. The van der Waals surface area contributed by atoms with Gasteiger partial charge in [-0.1, -0.05) is 60.7 Å². The largest absolute Gasteiger partial charge is 0.540 e. The molecule has 2 nitrogen and oxygen atoms in total. The van der Waals surface area contributed by atoms with E-state index in [1.807, 2.05) is 36.4 Å². The van der Waals surface area contributed by atoms with Crippen LogP contribution in [-0.4, -0.2) is 16.9 Å². The van der Waals surface area contributed by atoms with Crippen LogP contribution in [0.1, 0.15) is 16.7 Å². The van der Waals surface area contributed by atoms with Gasteiger partial charge in [0.1, 0.15) is 11.5 Å². The minimum Gasteiger partial charge on any atom is -0.540 e. The second kappa shape index (κ2) is 7.65. The molecule has 3 heteroatoms. The fraction of sp³-hybridized carbons (Fsp3) is 0.100. The van der Waals surface area contributed by atoms with E-state index in [4.69, 9.17) is 9.16 Å². The molecule has 0 amide bonds. The van der Waals surface area contributed by atoms with Crippen LogP contribution in [0.3, 0.4) is 0 Å². The molecule has 3 aromatic carbocycles. The summed E-state index contributed by atoms with van der Waals surface area (Å²) < 4.78 is 11.2. The van der Waals surface area contributed by atoms with E-state index in [1.54, 1.807) is 7.11 Å². The van der Waals surface area contributed by atoms with Crippen molar-refractivity contribution in [2.75, 3.05) is 7.11 Å². The van der Waals surface area contributed by atoms with Gasteiger partial charge in [-0.25, -0.2) is 0 Å². The van der Waals surface area contributed by atoms with Crippen LogP contribution in [0.25, 0.3) is 0 Å². The molecule has 2 radical (unpaired) electrons. The number of ether oxygens (including phenoxy) is 1. The molecule has 0 unspecified atom stereocenters. The minimum atomic E-state index is 0.236. The van der Waals surface area contributed by atoms with Crippen molar-refractivity contribution in [3.63, 3.8) is 0 Å². The molecular weight excluding hydrogens is 300 g/mol. The van der Waals surface area contributed by atoms with Gasteiger partial charge in [-0.2, -0.15) is 0 Å². The van der Waals surface area contributed by atoms with Gasteiger partial charge in [0.15, 0.2) is 0 Å². The summed E-state index contributed by atoms with van der Waals surface area (Å²) >= 11 is 0. The van der Waals surface area contributed by atoms with Crippen LogP contribution in [0.2, 0.25) is 0 Å². The average Bonchev–Trinajstić information content (AvgIpc) is 2.64. The van der Waals surface area contributed by atoms with E-state index in [1.165, 1.54) is 11.1 Å². The highest BCUT2D eigenvalue weighted by molar-refractivity contribution is 6.32. The highest BCUT2D eigenvalue weighted by Crippen LogP contribution is 2.25. The van der Waals surface area contributed by atoms with Crippen molar-refractivity contribution in [3.8, 4) is 11.5 Å². The highest BCUT2D eigenvalue weighted by Gasteiger charge is 2.17. The summed E-state index contributed by atoms with van der Waals surface area (Å²) in [6.45, 7) is 0. The Morgan fingerprint density at radius 1 is 0.652 bits per heavy atom. The molecule has 0 spiro atoms. The predicted molar refractivity (Wildman–Crippen MR) is 94.1 cm³/mol. The summed E-state index contributed by atoms with van der Waals surface area (Å²) in [4.78, 5) is 0. The van der Waals surface area contributed by atoms with E-state index in [0.29, 0.717) is 9.76 Å². The van der Waals surface area contributed by atoms with Crippen molar-refractivity contribution >= 4 is 9.76 Å². The average molecular weight is 318 g/mol. The van der Waals surface area contributed by atoms with Gasteiger partial charge in [0, 0.05) is 5.54 Å². The lowest BCUT2D eigenvalue weighted by molar-refractivity contribution is 0.414. The molecule has 0 atom stereocenters. The molecule has 3 rings (SSSR count). The van der Waals surface area contributed by atoms with Crippen LogP contribution in [0.4, 0.5) is 0 Å². The molecular formula is C20H18O2Si. The third-order valence-electron chi connectivity index (χ3n) is 3.62. The Labute approximate surface area is 139 Å². The van der Waals surface area contributed by atoms with Crippen LogP contribution >= 0.6 is 0 Å². The fourth-order valence-corrected chi connectivity index (χ4v) is 3.44. The summed E-state index contributed by atoms with van der Waals surface area (Å²) in [6, 6.07) is 28.7. The number of methoxy groups -OCH3 is 1. The zero-order valence-corrected chi connectivity index (χ0v) is 14.0. The second-order valence-corrected chi connectivity index (χ2v) is 6.17. The third kappa shape index (κ3) is 4.02. The first-order chi connectivity index (χ1) is 11.4. The fourth-order valence-electron chi connectivity index (χ4n) is 2.39. The molecule has 3 aromatic rings. The first-order valence-electron chi connectivity index (χ1n) is 7.53. The smallest absolute Gasteiger partial charge is 0.323 e. The van der Waals surface area contributed by atoms with Gasteiger partial charge in [0.2, 0.25) is 0 Å². The van der Waals surface area contributed by atoms with Crippen LogP contribution in [-0.2, 0) is 0 Å². The van der Waals surface area contributed by atoms with E-state index < -0.39 is 0 Å². The molecule has 0 aliphatic heterocycles. The van der Waals surface area contributed by atoms with E-state index in [9.17, 15) is 0 Å². The summed E-state index contributed by atoms with van der Waals surface area (Å²) in [5.41, 5.74) is 2.77. The Morgan fingerprint density at radius 3 is 1.61 bits per heavy atom. The van der Waals surface area contributed by atoms with Gasteiger partial charge in [0.25, 0.3) is 0 Å². The van der Waals surface area contributed by atoms with Gasteiger partial charge in [0.05, 0.1) is 7.11 Å². The minimum absolute atomic E-state index is 0.236. The molecule has 0 aromatic heterocycles.